The van der Waals surface area contributed by atoms with Gasteiger partial charge >= 0.3 is 5.97 Å². The maximum atomic E-state index is 12.2. The lowest BCUT2D eigenvalue weighted by Crippen LogP contribution is -2.15. The number of hydrogen-bond acceptors (Lipinski definition) is 8. The molecule has 0 atom stereocenters. The molecule has 0 aliphatic carbocycles. The smallest absolute Gasteiger partial charge is 0.337 e. The molecule has 1 aromatic carbocycles. The van der Waals surface area contributed by atoms with Crippen LogP contribution in [0.1, 0.15) is 26.6 Å². The number of methoxy groups -OCH3 is 1. The number of aryl methyl sites for hydroxylation is 1. The van der Waals surface area contributed by atoms with Crippen LogP contribution in [-0.2, 0) is 4.74 Å². The SMILES string of the molecule is COC(=O)c1ccc(Nc2nccc(C(=O)Nc3cc(C)on3)n2)cc1. The third-order valence-corrected chi connectivity index (χ3v) is 3.32. The van der Waals surface area contributed by atoms with Crippen molar-refractivity contribution in [2.24, 2.45) is 0 Å². The Hall–Kier alpha value is -3.75. The van der Waals surface area contributed by atoms with Crippen molar-refractivity contribution in [1.82, 2.24) is 15.1 Å². The Labute approximate surface area is 148 Å². The fraction of sp³-hybridized carbons (Fsp3) is 0.118. The van der Waals surface area contributed by atoms with Crippen LogP contribution in [0.15, 0.2) is 47.1 Å². The molecule has 9 heteroatoms. The molecule has 0 spiro atoms. The van der Waals surface area contributed by atoms with Crippen molar-refractivity contribution in [2.75, 3.05) is 17.7 Å². The molecule has 0 unspecified atom stereocenters. The van der Waals surface area contributed by atoms with Gasteiger partial charge in [-0.05, 0) is 37.3 Å². The van der Waals surface area contributed by atoms with Gasteiger partial charge in [0.15, 0.2) is 5.82 Å². The van der Waals surface area contributed by atoms with E-state index < -0.39 is 11.9 Å². The van der Waals surface area contributed by atoms with Crippen molar-refractivity contribution in [3.8, 4) is 0 Å². The molecular formula is C17H15N5O4. The highest BCUT2D eigenvalue weighted by Crippen LogP contribution is 2.15. The topological polar surface area (TPSA) is 119 Å². The summed E-state index contributed by atoms with van der Waals surface area (Å²) in [5.74, 6) is 0.263. The molecule has 1 amide bonds. The fourth-order valence-corrected chi connectivity index (χ4v) is 2.09. The number of hydrogen-bond donors (Lipinski definition) is 2. The van der Waals surface area contributed by atoms with Crippen LogP contribution in [0.3, 0.4) is 0 Å². The van der Waals surface area contributed by atoms with E-state index in [9.17, 15) is 9.59 Å². The Morgan fingerprint density at radius 2 is 1.92 bits per heavy atom. The third-order valence-electron chi connectivity index (χ3n) is 3.32. The van der Waals surface area contributed by atoms with Gasteiger partial charge in [0.25, 0.3) is 5.91 Å². The van der Waals surface area contributed by atoms with Crippen molar-refractivity contribution in [3.05, 3.63) is 59.6 Å². The van der Waals surface area contributed by atoms with Gasteiger partial charge < -0.3 is 19.9 Å². The molecular weight excluding hydrogens is 338 g/mol. The Bertz CT molecular complexity index is 936. The highest BCUT2D eigenvalue weighted by molar-refractivity contribution is 6.02. The predicted molar refractivity (Wildman–Crippen MR) is 92.3 cm³/mol. The third kappa shape index (κ3) is 4.01. The second-order valence-electron chi connectivity index (χ2n) is 5.24. The quantitative estimate of drug-likeness (QED) is 0.672. The Morgan fingerprint density at radius 1 is 1.15 bits per heavy atom. The van der Waals surface area contributed by atoms with Crippen LogP contribution in [0.5, 0.6) is 0 Å². The van der Waals surface area contributed by atoms with Crippen molar-refractivity contribution >= 4 is 29.3 Å². The van der Waals surface area contributed by atoms with Gasteiger partial charge in [-0.2, -0.15) is 0 Å². The minimum absolute atomic E-state index is 0.161. The summed E-state index contributed by atoms with van der Waals surface area (Å²) in [6.07, 6.45) is 1.46. The van der Waals surface area contributed by atoms with Gasteiger partial charge in [0.2, 0.25) is 5.95 Å². The van der Waals surface area contributed by atoms with Crippen molar-refractivity contribution < 1.29 is 18.8 Å². The number of carbonyl (C=O) groups excluding carboxylic acids is 2. The Balaban J connectivity index is 1.70. The molecule has 0 fully saturated rings. The maximum absolute atomic E-state index is 12.2. The van der Waals surface area contributed by atoms with E-state index in [2.05, 4.69) is 30.5 Å². The summed E-state index contributed by atoms with van der Waals surface area (Å²) in [5, 5.41) is 9.24. The molecule has 0 aliphatic rings. The van der Waals surface area contributed by atoms with Crippen LogP contribution < -0.4 is 10.6 Å². The van der Waals surface area contributed by atoms with Crippen LogP contribution in [0.25, 0.3) is 0 Å². The number of carbonyl (C=O) groups is 2. The lowest BCUT2D eigenvalue weighted by molar-refractivity contribution is 0.0600. The molecule has 0 saturated heterocycles. The summed E-state index contributed by atoms with van der Waals surface area (Å²) in [6.45, 7) is 1.72. The highest BCUT2D eigenvalue weighted by atomic mass is 16.5. The van der Waals surface area contributed by atoms with Gasteiger partial charge in [-0.15, -0.1) is 0 Å². The number of benzene rings is 1. The van der Waals surface area contributed by atoms with Crippen LogP contribution in [0, 0.1) is 6.92 Å². The molecule has 0 bridgehead atoms. The maximum Gasteiger partial charge on any atom is 0.337 e. The first-order valence-electron chi connectivity index (χ1n) is 7.58. The molecule has 132 valence electrons. The molecule has 9 nitrogen and oxygen atoms in total. The first-order valence-corrected chi connectivity index (χ1v) is 7.58. The van der Waals surface area contributed by atoms with Gasteiger partial charge in [0.05, 0.1) is 12.7 Å². The van der Waals surface area contributed by atoms with Gasteiger partial charge in [0, 0.05) is 18.0 Å². The molecule has 0 radical (unpaired) electrons. The number of nitrogens with one attached hydrogen (secondary N) is 2. The average Bonchev–Trinajstić information content (AvgIpc) is 3.06. The van der Waals surface area contributed by atoms with E-state index in [4.69, 9.17) is 4.52 Å². The second-order valence-corrected chi connectivity index (χ2v) is 5.24. The average molecular weight is 353 g/mol. The summed E-state index contributed by atoms with van der Waals surface area (Å²) in [6, 6.07) is 9.66. The number of aromatic nitrogens is 3. The number of rotatable bonds is 5. The van der Waals surface area contributed by atoms with Crippen molar-refractivity contribution in [1.29, 1.82) is 0 Å². The molecule has 2 N–H and O–H groups in total. The Kier molecular flexibility index (Phi) is 4.88. The summed E-state index contributed by atoms with van der Waals surface area (Å²) < 4.78 is 9.54. The van der Waals surface area contributed by atoms with E-state index >= 15 is 0 Å². The first-order chi connectivity index (χ1) is 12.5. The lowest BCUT2D eigenvalue weighted by atomic mass is 10.2. The molecule has 2 aromatic heterocycles. The minimum atomic E-state index is -0.440. The highest BCUT2D eigenvalue weighted by Gasteiger charge is 2.12. The zero-order valence-corrected chi connectivity index (χ0v) is 14.0. The number of anilines is 3. The van der Waals surface area contributed by atoms with Gasteiger partial charge in [-0.25, -0.2) is 14.8 Å². The molecule has 3 rings (SSSR count). The van der Waals surface area contributed by atoms with E-state index in [1.54, 1.807) is 37.3 Å². The number of nitrogens with zero attached hydrogens (tertiary/aromatic N) is 3. The summed E-state index contributed by atoms with van der Waals surface area (Å²) >= 11 is 0. The van der Waals surface area contributed by atoms with E-state index in [1.165, 1.54) is 19.4 Å². The molecule has 0 aliphatic heterocycles. The Morgan fingerprint density at radius 3 is 2.58 bits per heavy atom. The number of ether oxygens (including phenoxy) is 1. The van der Waals surface area contributed by atoms with Crippen molar-refractivity contribution in [3.63, 3.8) is 0 Å². The van der Waals surface area contributed by atoms with Gasteiger partial charge in [0.1, 0.15) is 11.5 Å². The monoisotopic (exact) mass is 353 g/mol. The van der Waals surface area contributed by atoms with E-state index in [0.717, 1.165) is 0 Å². The first kappa shape index (κ1) is 17.1. The number of esters is 1. The van der Waals surface area contributed by atoms with Crippen LogP contribution in [0.4, 0.5) is 17.5 Å². The molecule has 0 saturated carbocycles. The largest absolute Gasteiger partial charge is 0.465 e. The van der Waals surface area contributed by atoms with Gasteiger partial charge in [-0.3, -0.25) is 4.79 Å². The summed E-state index contributed by atoms with van der Waals surface area (Å²) in [7, 11) is 1.32. The fourth-order valence-electron chi connectivity index (χ4n) is 2.09. The molecule has 26 heavy (non-hydrogen) atoms. The summed E-state index contributed by atoms with van der Waals surface area (Å²) in [5.41, 5.74) is 1.24. The zero-order valence-electron chi connectivity index (χ0n) is 14.0. The normalized spacial score (nSPS) is 10.2. The van der Waals surface area contributed by atoms with Crippen LogP contribution in [0.2, 0.25) is 0 Å². The summed E-state index contributed by atoms with van der Waals surface area (Å²) in [4.78, 5) is 31.9. The second kappa shape index (κ2) is 7.43. The van der Waals surface area contributed by atoms with Crippen LogP contribution >= 0.6 is 0 Å². The van der Waals surface area contributed by atoms with Crippen LogP contribution in [-0.4, -0.2) is 34.1 Å². The van der Waals surface area contributed by atoms with Crippen molar-refractivity contribution in [2.45, 2.75) is 6.92 Å². The molecule has 3 aromatic rings. The number of amides is 1. The van der Waals surface area contributed by atoms with E-state index in [-0.39, 0.29) is 11.6 Å². The minimum Gasteiger partial charge on any atom is -0.465 e. The van der Waals surface area contributed by atoms with Gasteiger partial charge in [-0.1, -0.05) is 5.16 Å². The van der Waals surface area contributed by atoms with E-state index in [1.807, 2.05) is 0 Å². The predicted octanol–water partition coefficient (Wildman–Crippen LogP) is 2.56. The lowest BCUT2D eigenvalue weighted by Gasteiger charge is -2.07. The standard InChI is InChI=1S/C17H15N5O4/c1-10-9-14(22-26-10)21-15(23)13-7-8-18-17(20-13)19-12-5-3-11(4-6-12)16(24)25-2/h3-9H,1-2H3,(H,18,19,20)(H,21,22,23). The zero-order chi connectivity index (χ0) is 18.5. The molecule has 2 heterocycles. The van der Waals surface area contributed by atoms with E-state index in [0.29, 0.717) is 22.8 Å².